The lowest BCUT2D eigenvalue weighted by Gasteiger charge is -2.00. The number of hydrogen-bond donors (Lipinski definition) is 2. The van der Waals surface area contributed by atoms with Crippen LogP contribution >= 0.6 is 22.9 Å². The van der Waals surface area contributed by atoms with Gasteiger partial charge in [0.1, 0.15) is 0 Å². The number of carbonyl (C=O) groups is 1. The van der Waals surface area contributed by atoms with Gasteiger partial charge in [0.05, 0.1) is 17.4 Å². The van der Waals surface area contributed by atoms with Crippen LogP contribution < -0.4 is 5.32 Å². The average Bonchev–Trinajstić information content (AvgIpc) is 2.48. The first-order valence-electron chi connectivity index (χ1n) is 3.84. The summed E-state index contributed by atoms with van der Waals surface area (Å²) in [6.45, 7) is 0.273. The molecule has 0 aromatic carbocycles. The Balaban J connectivity index is 2.36. The van der Waals surface area contributed by atoms with Gasteiger partial charge in [-0.2, -0.15) is 0 Å². The molecule has 0 saturated heterocycles. The molecule has 0 aliphatic rings. The molecule has 0 fully saturated rings. The molecule has 0 radical (unpaired) electrons. The number of nitrogens with one attached hydrogen (secondary N) is 1. The van der Waals surface area contributed by atoms with Gasteiger partial charge in [0, 0.05) is 11.4 Å². The fourth-order valence-electron chi connectivity index (χ4n) is 0.863. The minimum atomic E-state index is -0.0902. The Labute approximate surface area is 85.3 Å². The van der Waals surface area contributed by atoms with Crippen LogP contribution in [0.1, 0.15) is 4.88 Å². The van der Waals surface area contributed by atoms with Crippen LogP contribution in [0.4, 0.5) is 0 Å². The molecule has 0 aliphatic carbocycles. The van der Waals surface area contributed by atoms with Gasteiger partial charge in [-0.25, -0.2) is 0 Å². The molecule has 1 aromatic heterocycles. The lowest BCUT2D eigenvalue weighted by atomic mass is 10.3. The van der Waals surface area contributed by atoms with Gasteiger partial charge in [-0.15, -0.1) is 11.3 Å². The number of hydrogen-bond acceptors (Lipinski definition) is 3. The maximum atomic E-state index is 11.1. The summed E-state index contributed by atoms with van der Waals surface area (Å²) < 4.78 is 0.685. The molecule has 0 saturated carbocycles. The van der Waals surface area contributed by atoms with E-state index in [4.69, 9.17) is 16.7 Å². The molecule has 1 heterocycles. The number of aliphatic hydroxyl groups excluding tert-OH is 1. The molecule has 0 unspecified atom stereocenters. The van der Waals surface area contributed by atoms with E-state index >= 15 is 0 Å². The molecule has 0 aliphatic heterocycles. The summed E-state index contributed by atoms with van der Waals surface area (Å²) in [5.74, 6) is -0.0902. The Bertz CT molecular complexity index is 287. The molecule has 2 N–H and O–H groups in total. The van der Waals surface area contributed by atoms with Gasteiger partial charge >= 0.3 is 0 Å². The van der Waals surface area contributed by atoms with Crippen LogP contribution in [0.5, 0.6) is 0 Å². The van der Waals surface area contributed by atoms with Gasteiger partial charge in [0.2, 0.25) is 5.91 Å². The van der Waals surface area contributed by atoms with E-state index in [1.165, 1.54) is 11.3 Å². The number of carbonyl (C=O) groups excluding carboxylic acids is 1. The summed E-state index contributed by atoms with van der Waals surface area (Å²) in [6, 6.07) is 3.59. The number of thiophene rings is 1. The minimum Gasteiger partial charge on any atom is -0.395 e. The van der Waals surface area contributed by atoms with Gasteiger partial charge in [-0.1, -0.05) is 11.6 Å². The van der Waals surface area contributed by atoms with Crippen LogP contribution in [0, 0.1) is 0 Å². The molecule has 5 heteroatoms. The normalized spacial score (nSPS) is 10.0. The van der Waals surface area contributed by atoms with Crippen molar-refractivity contribution in [2.45, 2.75) is 6.42 Å². The van der Waals surface area contributed by atoms with Crippen LogP contribution in [0.2, 0.25) is 4.34 Å². The molecule has 0 bridgehead atoms. The minimum absolute atomic E-state index is 0.0308. The summed E-state index contributed by atoms with van der Waals surface area (Å²) in [5, 5.41) is 11.0. The molecule has 1 rings (SSSR count). The SMILES string of the molecule is O=C(Cc1ccc(Cl)s1)NCCO. The van der Waals surface area contributed by atoms with Crippen molar-refractivity contribution in [3.05, 3.63) is 21.3 Å². The fraction of sp³-hybridized carbons (Fsp3) is 0.375. The molecule has 0 spiro atoms. The maximum absolute atomic E-state index is 11.1. The van der Waals surface area contributed by atoms with E-state index in [1.54, 1.807) is 6.07 Å². The third-order valence-electron chi connectivity index (χ3n) is 1.40. The van der Waals surface area contributed by atoms with Gasteiger partial charge in [-0.3, -0.25) is 4.79 Å². The molecule has 1 amide bonds. The number of amides is 1. The van der Waals surface area contributed by atoms with Crippen LogP contribution in [0.15, 0.2) is 12.1 Å². The van der Waals surface area contributed by atoms with E-state index in [2.05, 4.69) is 5.32 Å². The van der Waals surface area contributed by atoms with Gasteiger partial charge < -0.3 is 10.4 Å². The number of aliphatic hydroxyl groups is 1. The molecular weight excluding hydrogens is 210 g/mol. The van der Waals surface area contributed by atoms with Crippen molar-refractivity contribution in [2.24, 2.45) is 0 Å². The van der Waals surface area contributed by atoms with E-state index in [0.29, 0.717) is 17.3 Å². The highest BCUT2D eigenvalue weighted by Gasteiger charge is 2.04. The maximum Gasteiger partial charge on any atom is 0.225 e. The molecule has 3 nitrogen and oxygen atoms in total. The second-order valence-corrected chi connectivity index (χ2v) is 4.26. The third kappa shape index (κ3) is 3.76. The molecule has 0 atom stereocenters. The van der Waals surface area contributed by atoms with Crippen LogP contribution in [0.25, 0.3) is 0 Å². The van der Waals surface area contributed by atoms with Crippen molar-refractivity contribution in [3.63, 3.8) is 0 Å². The first kappa shape index (κ1) is 10.5. The lowest BCUT2D eigenvalue weighted by Crippen LogP contribution is -2.27. The van der Waals surface area contributed by atoms with Crippen LogP contribution in [-0.2, 0) is 11.2 Å². The zero-order valence-electron chi connectivity index (χ0n) is 6.92. The summed E-state index contributed by atoms with van der Waals surface area (Å²) >= 11 is 7.09. The van der Waals surface area contributed by atoms with Crippen LogP contribution in [-0.4, -0.2) is 24.2 Å². The Morgan fingerprint density at radius 2 is 2.38 bits per heavy atom. The largest absolute Gasteiger partial charge is 0.395 e. The first-order chi connectivity index (χ1) is 6.22. The zero-order chi connectivity index (χ0) is 9.68. The van der Waals surface area contributed by atoms with Gasteiger partial charge in [0.15, 0.2) is 0 Å². The van der Waals surface area contributed by atoms with Crippen molar-refractivity contribution < 1.29 is 9.90 Å². The average molecular weight is 220 g/mol. The Hall–Kier alpha value is -0.580. The summed E-state index contributed by atoms with van der Waals surface area (Å²) in [4.78, 5) is 12.1. The topological polar surface area (TPSA) is 49.3 Å². The van der Waals surface area contributed by atoms with Gasteiger partial charge in [-0.05, 0) is 12.1 Å². The molecular formula is C8H10ClNO2S. The third-order valence-corrected chi connectivity index (χ3v) is 2.63. The summed E-state index contributed by atoms with van der Waals surface area (Å²) in [5.41, 5.74) is 0. The quantitative estimate of drug-likeness (QED) is 0.796. The predicted octanol–water partition coefficient (Wildman–Crippen LogP) is 1.05. The lowest BCUT2D eigenvalue weighted by molar-refractivity contribution is -0.120. The Morgan fingerprint density at radius 1 is 1.62 bits per heavy atom. The molecule has 1 aromatic rings. The highest BCUT2D eigenvalue weighted by atomic mass is 35.5. The van der Waals surface area contributed by atoms with Crippen molar-refractivity contribution in [1.29, 1.82) is 0 Å². The summed E-state index contributed by atoms with van der Waals surface area (Å²) in [6.07, 6.45) is 0.331. The summed E-state index contributed by atoms with van der Waals surface area (Å²) in [7, 11) is 0. The standard InChI is InChI=1S/C8H10ClNO2S/c9-7-2-1-6(13-7)5-8(12)10-3-4-11/h1-2,11H,3-5H2,(H,10,12). The van der Waals surface area contributed by atoms with E-state index < -0.39 is 0 Å². The predicted molar refractivity (Wildman–Crippen MR) is 53.1 cm³/mol. The number of halogens is 1. The van der Waals surface area contributed by atoms with Crippen molar-refractivity contribution in [3.8, 4) is 0 Å². The van der Waals surface area contributed by atoms with Crippen molar-refractivity contribution in [1.82, 2.24) is 5.32 Å². The zero-order valence-corrected chi connectivity index (χ0v) is 8.49. The Kier molecular flexibility index (Phi) is 4.21. The monoisotopic (exact) mass is 219 g/mol. The van der Waals surface area contributed by atoms with E-state index in [-0.39, 0.29) is 12.5 Å². The second-order valence-electron chi connectivity index (χ2n) is 2.46. The van der Waals surface area contributed by atoms with E-state index in [9.17, 15) is 4.79 Å². The Morgan fingerprint density at radius 3 is 2.92 bits per heavy atom. The second kappa shape index (κ2) is 5.21. The highest BCUT2D eigenvalue weighted by molar-refractivity contribution is 7.16. The molecule has 13 heavy (non-hydrogen) atoms. The smallest absolute Gasteiger partial charge is 0.225 e. The number of rotatable bonds is 4. The van der Waals surface area contributed by atoms with Crippen molar-refractivity contribution in [2.75, 3.05) is 13.2 Å². The van der Waals surface area contributed by atoms with E-state index in [1.807, 2.05) is 6.07 Å². The highest BCUT2D eigenvalue weighted by Crippen LogP contribution is 2.21. The molecule has 72 valence electrons. The fourth-order valence-corrected chi connectivity index (χ4v) is 1.95. The van der Waals surface area contributed by atoms with Gasteiger partial charge in [0.25, 0.3) is 0 Å². The van der Waals surface area contributed by atoms with Crippen molar-refractivity contribution >= 4 is 28.8 Å². The van der Waals surface area contributed by atoms with E-state index in [0.717, 1.165) is 4.88 Å². The van der Waals surface area contributed by atoms with Crippen LogP contribution in [0.3, 0.4) is 0 Å². The first-order valence-corrected chi connectivity index (χ1v) is 5.03.